The lowest BCUT2D eigenvalue weighted by Gasteiger charge is -2.19. The Kier molecular flexibility index (Phi) is 4.17. The van der Waals surface area contributed by atoms with Gasteiger partial charge in [0.15, 0.2) is 0 Å². The van der Waals surface area contributed by atoms with E-state index in [2.05, 4.69) is 14.9 Å². The van der Waals surface area contributed by atoms with Crippen LogP contribution in [0.4, 0.5) is 5.69 Å². The van der Waals surface area contributed by atoms with Gasteiger partial charge in [-0.3, -0.25) is 9.78 Å². The molecule has 2 fully saturated rings. The summed E-state index contributed by atoms with van der Waals surface area (Å²) in [6.45, 7) is 3.23. The number of nitrogens with two attached hydrogens (primary N) is 1. The summed E-state index contributed by atoms with van der Waals surface area (Å²) in [6.07, 6.45) is 7.89. The Morgan fingerprint density at radius 1 is 1.24 bits per heavy atom. The second-order valence-corrected chi connectivity index (χ2v) is 7.04. The Morgan fingerprint density at radius 3 is 2.76 bits per heavy atom. The summed E-state index contributed by atoms with van der Waals surface area (Å²) in [5.74, 6) is 0.0295. The zero-order chi connectivity index (χ0) is 17.4. The Bertz CT molecular complexity index is 766. The van der Waals surface area contributed by atoms with Crippen molar-refractivity contribution in [1.29, 1.82) is 0 Å². The highest BCUT2D eigenvalue weighted by atomic mass is 16.2. The van der Waals surface area contributed by atoms with Gasteiger partial charge in [0, 0.05) is 63.3 Å². The molecule has 0 saturated carbocycles. The highest BCUT2D eigenvalue weighted by molar-refractivity contribution is 5.93. The van der Waals surface area contributed by atoms with Gasteiger partial charge >= 0.3 is 0 Å². The summed E-state index contributed by atoms with van der Waals surface area (Å²) in [5.41, 5.74) is 8.81. The molecule has 7 nitrogen and oxygen atoms in total. The fourth-order valence-electron chi connectivity index (χ4n) is 3.80. The first-order valence-corrected chi connectivity index (χ1v) is 8.85. The molecule has 1 amide bonds. The highest BCUT2D eigenvalue weighted by Gasteiger charge is 2.36. The number of likely N-dealkylation sites (tertiary alicyclic amines) is 1. The second kappa shape index (κ2) is 6.48. The van der Waals surface area contributed by atoms with Crippen LogP contribution in [0.3, 0.4) is 0 Å². The molecule has 4 heterocycles. The number of imidazole rings is 1. The number of rotatable bonds is 3. The SMILES string of the molecule is Cn1cnc([C@@H]2CN(C(=O)c3cc(N4CCCC4)ccn3)C[C@H]2N)c1. The number of nitrogens with zero attached hydrogens (tertiary/aromatic N) is 5. The van der Waals surface area contributed by atoms with E-state index in [0.717, 1.165) is 24.5 Å². The van der Waals surface area contributed by atoms with Gasteiger partial charge in [0.25, 0.3) is 5.91 Å². The van der Waals surface area contributed by atoms with Crippen LogP contribution in [-0.4, -0.2) is 57.6 Å². The van der Waals surface area contributed by atoms with Crippen LogP contribution in [0.1, 0.15) is 34.9 Å². The van der Waals surface area contributed by atoms with Crippen LogP contribution in [0, 0.1) is 0 Å². The number of carbonyl (C=O) groups is 1. The molecule has 0 spiro atoms. The van der Waals surface area contributed by atoms with Crippen LogP contribution in [0.25, 0.3) is 0 Å². The van der Waals surface area contributed by atoms with Crippen LogP contribution >= 0.6 is 0 Å². The number of carbonyl (C=O) groups excluding carboxylic acids is 1. The lowest BCUT2D eigenvalue weighted by Crippen LogP contribution is -2.32. The van der Waals surface area contributed by atoms with E-state index in [9.17, 15) is 4.79 Å². The Balaban J connectivity index is 1.50. The summed E-state index contributed by atoms with van der Waals surface area (Å²) in [5, 5.41) is 0. The molecular formula is C18H24N6O. The van der Waals surface area contributed by atoms with Crippen molar-refractivity contribution in [2.75, 3.05) is 31.1 Å². The number of pyridine rings is 1. The molecule has 0 unspecified atom stereocenters. The molecule has 2 saturated heterocycles. The predicted molar refractivity (Wildman–Crippen MR) is 95.5 cm³/mol. The van der Waals surface area contributed by atoms with E-state index in [4.69, 9.17) is 5.73 Å². The number of amides is 1. The molecule has 2 aromatic heterocycles. The number of hydrogen-bond donors (Lipinski definition) is 1. The molecule has 4 rings (SSSR count). The third-order valence-electron chi connectivity index (χ3n) is 5.19. The van der Waals surface area contributed by atoms with Gasteiger partial charge in [0.2, 0.25) is 0 Å². The molecule has 0 aromatic carbocycles. The number of aromatic nitrogens is 3. The zero-order valence-electron chi connectivity index (χ0n) is 14.5. The van der Waals surface area contributed by atoms with E-state index in [1.54, 1.807) is 17.4 Å². The fraction of sp³-hybridized carbons (Fsp3) is 0.500. The zero-order valence-corrected chi connectivity index (χ0v) is 14.5. The van der Waals surface area contributed by atoms with Gasteiger partial charge in [0.05, 0.1) is 12.0 Å². The lowest BCUT2D eigenvalue weighted by molar-refractivity contribution is 0.0783. The molecule has 0 radical (unpaired) electrons. The third-order valence-corrected chi connectivity index (χ3v) is 5.19. The van der Waals surface area contributed by atoms with Gasteiger partial charge in [-0.05, 0) is 25.0 Å². The van der Waals surface area contributed by atoms with Crippen molar-refractivity contribution in [2.45, 2.75) is 24.8 Å². The number of aryl methyl sites for hydroxylation is 1. The molecule has 2 aliphatic heterocycles. The van der Waals surface area contributed by atoms with E-state index in [0.29, 0.717) is 18.8 Å². The van der Waals surface area contributed by atoms with Crippen LogP contribution in [-0.2, 0) is 7.05 Å². The maximum atomic E-state index is 12.9. The molecule has 132 valence electrons. The van der Waals surface area contributed by atoms with Crippen LogP contribution in [0.15, 0.2) is 30.9 Å². The fourth-order valence-corrected chi connectivity index (χ4v) is 3.80. The van der Waals surface area contributed by atoms with E-state index in [1.165, 1.54) is 12.8 Å². The van der Waals surface area contributed by atoms with Gasteiger partial charge in [0.1, 0.15) is 5.69 Å². The topological polar surface area (TPSA) is 80.3 Å². The highest BCUT2D eigenvalue weighted by Crippen LogP contribution is 2.27. The van der Waals surface area contributed by atoms with Crippen molar-refractivity contribution in [3.05, 3.63) is 42.2 Å². The van der Waals surface area contributed by atoms with Crippen LogP contribution < -0.4 is 10.6 Å². The van der Waals surface area contributed by atoms with Crippen molar-refractivity contribution in [2.24, 2.45) is 12.8 Å². The summed E-state index contributed by atoms with van der Waals surface area (Å²) < 4.78 is 1.91. The van der Waals surface area contributed by atoms with E-state index in [-0.39, 0.29) is 17.9 Å². The average molecular weight is 340 g/mol. The van der Waals surface area contributed by atoms with Gasteiger partial charge in [-0.2, -0.15) is 0 Å². The van der Waals surface area contributed by atoms with Gasteiger partial charge in [-0.1, -0.05) is 0 Å². The average Bonchev–Trinajstić information content (AvgIpc) is 3.35. The number of anilines is 1. The van der Waals surface area contributed by atoms with Gasteiger partial charge < -0.3 is 20.1 Å². The first-order valence-electron chi connectivity index (χ1n) is 8.85. The minimum atomic E-state index is -0.0967. The van der Waals surface area contributed by atoms with E-state index < -0.39 is 0 Å². The first-order chi connectivity index (χ1) is 12.1. The minimum Gasteiger partial charge on any atom is -0.371 e. The molecule has 2 atom stereocenters. The number of hydrogen-bond acceptors (Lipinski definition) is 5. The first kappa shape index (κ1) is 16.1. The molecule has 2 aliphatic rings. The van der Waals surface area contributed by atoms with Crippen molar-refractivity contribution in [3.8, 4) is 0 Å². The van der Waals surface area contributed by atoms with Crippen molar-refractivity contribution in [3.63, 3.8) is 0 Å². The predicted octanol–water partition coefficient (Wildman–Crippen LogP) is 0.982. The van der Waals surface area contributed by atoms with Crippen molar-refractivity contribution >= 4 is 11.6 Å². The Labute approximate surface area is 147 Å². The van der Waals surface area contributed by atoms with Gasteiger partial charge in [-0.25, -0.2) is 4.98 Å². The second-order valence-electron chi connectivity index (χ2n) is 7.04. The summed E-state index contributed by atoms with van der Waals surface area (Å²) in [7, 11) is 1.94. The lowest BCUT2D eigenvalue weighted by atomic mass is 10.0. The molecule has 2 aromatic rings. The molecule has 0 bridgehead atoms. The van der Waals surface area contributed by atoms with E-state index >= 15 is 0 Å². The van der Waals surface area contributed by atoms with E-state index in [1.807, 2.05) is 29.9 Å². The third kappa shape index (κ3) is 3.11. The minimum absolute atomic E-state index is 0.0464. The normalized spacial score (nSPS) is 23.4. The molecule has 7 heteroatoms. The van der Waals surface area contributed by atoms with Crippen molar-refractivity contribution in [1.82, 2.24) is 19.4 Å². The quantitative estimate of drug-likeness (QED) is 0.901. The summed E-state index contributed by atoms with van der Waals surface area (Å²) >= 11 is 0. The molecule has 2 N–H and O–H groups in total. The molecule has 0 aliphatic carbocycles. The smallest absolute Gasteiger partial charge is 0.272 e. The van der Waals surface area contributed by atoms with Crippen molar-refractivity contribution < 1.29 is 4.79 Å². The standard InChI is InChI=1S/C18H24N6O/c1-22-11-17(21-12-22)14-9-24(10-15(14)19)18(25)16-8-13(4-5-20-16)23-6-2-3-7-23/h4-5,8,11-12,14-15H,2-3,6-7,9-10,19H2,1H3/t14-,15-/m1/s1. The molecule has 25 heavy (non-hydrogen) atoms. The molecular weight excluding hydrogens is 316 g/mol. The van der Waals surface area contributed by atoms with Crippen LogP contribution in [0.2, 0.25) is 0 Å². The van der Waals surface area contributed by atoms with Gasteiger partial charge in [-0.15, -0.1) is 0 Å². The maximum absolute atomic E-state index is 12.9. The maximum Gasteiger partial charge on any atom is 0.272 e. The Hall–Kier alpha value is -2.41. The summed E-state index contributed by atoms with van der Waals surface area (Å²) in [6, 6.07) is 3.79. The largest absolute Gasteiger partial charge is 0.371 e. The Morgan fingerprint density at radius 2 is 2.04 bits per heavy atom. The summed E-state index contributed by atoms with van der Waals surface area (Å²) in [4.78, 5) is 25.7. The monoisotopic (exact) mass is 340 g/mol. The van der Waals surface area contributed by atoms with Crippen LogP contribution in [0.5, 0.6) is 0 Å².